The van der Waals surface area contributed by atoms with Gasteiger partial charge in [0.05, 0.1) is 19.3 Å². The van der Waals surface area contributed by atoms with Crippen molar-refractivity contribution in [2.75, 3.05) is 13.7 Å². The molecular weight excluding hydrogens is 220 g/mol. The summed E-state index contributed by atoms with van der Waals surface area (Å²) in [4.78, 5) is 11.0. The van der Waals surface area contributed by atoms with Crippen molar-refractivity contribution in [2.45, 2.75) is 26.7 Å². The number of ether oxygens (including phenoxy) is 2. The number of aryl methyl sites for hydroxylation is 1. The van der Waals surface area contributed by atoms with E-state index in [0.29, 0.717) is 23.7 Å². The Labute approximate surface area is 101 Å². The SMILES string of the molecule is CCCCOc1cc(C(=O)O)c(C)cc1OC. The third-order valence-electron chi connectivity index (χ3n) is 2.50. The molecule has 0 saturated heterocycles. The fourth-order valence-corrected chi connectivity index (χ4v) is 1.49. The third-order valence-corrected chi connectivity index (χ3v) is 2.50. The maximum atomic E-state index is 11.0. The lowest BCUT2D eigenvalue weighted by molar-refractivity contribution is 0.0695. The Morgan fingerprint density at radius 2 is 2.06 bits per heavy atom. The smallest absolute Gasteiger partial charge is 0.336 e. The number of methoxy groups -OCH3 is 1. The first-order valence-electron chi connectivity index (χ1n) is 5.64. The summed E-state index contributed by atoms with van der Waals surface area (Å²) in [6.07, 6.45) is 1.96. The molecule has 0 atom stereocenters. The number of aromatic carboxylic acids is 1. The lowest BCUT2D eigenvalue weighted by Crippen LogP contribution is -2.04. The Bertz CT molecular complexity index is 399. The van der Waals surface area contributed by atoms with Crippen molar-refractivity contribution in [1.29, 1.82) is 0 Å². The van der Waals surface area contributed by atoms with E-state index in [9.17, 15) is 4.79 Å². The number of benzene rings is 1. The van der Waals surface area contributed by atoms with Crippen LogP contribution in [-0.4, -0.2) is 24.8 Å². The van der Waals surface area contributed by atoms with E-state index in [1.165, 1.54) is 6.07 Å². The molecule has 0 spiro atoms. The van der Waals surface area contributed by atoms with Crippen molar-refractivity contribution in [1.82, 2.24) is 0 Å². The zero-order valence-corrected chi connectivity index (χ0v) is 10.4. The molecule has 4 heteroatoms. The number of hydrogen-bond acceptors (Lipinski definition) is 3. The van der Waals surface area contributed by atoms with Crippen LogP contribution in [0.1, 0.15) is 35.7 Å². The van der Waals surface area contributed by atoms with Crippen molar-refractivity contribution >= 4 is 5.97 Å². The molecule has 0 heterocycles. The van der Waals surface area contributed by atoms with E-state index in [-0.39, 0.29) is 5.56 Å². The number of carbonyl (C=O) groups is 1. The van der Waals surface area contributed by atoms with Crippen molar-refractivity contribution in [3.05, 3.63) is 23.3 Å². The van der Waals surface area contributed by atoms with Crippen LogP contribution >= 0.6 is 0 Å². The van der Waals surface area contributed by atoms with E-state index >= 15 is 0 Å². The topological polar surface area (TPSA) is 55.8 Å². The Hall–Kier alpha value is -1.71. The number of carboxylic acids is 1. The predicted octanol–water partition coefficient (Wildman–Crippen LogP) is 2.88. The fraction of sp³-hybridized carbons (Fsp3) is 0.462. The summed E-state index contributed by atoms with van der Waals surface area (Å²) in [7, 11) is 1.54. The first-order chi connectivity index (χ1) is 8.10. The fourth-order valence-electron chi connectivity index (χ4n) is 1.49. The van der Waals surface area contributed by atoms with E-state index in [1.807, 2.05) is 0 Å². The zero-order chi connectivity index (χ0) is 12.8. The molecular formula is C13H18O4. The lowest BCUT2D eigenvalue weighted by Gasteiger charge is -2.12. The van der Waals surface area contributed by atoms with Gasteiger partial charge in [-0.2, -0.15) is 0 Å². The van der Waals surface area contributed by atoms with Gasteiger partial charge in [0, 0.05) is 0 Å². The summed E-state index contributed by atoms with van der Waals surface area (Å²) >= 11 is 0. The molecule has 0 amide bonds. The Morgan fingerprint density at radius 1 is 1.35 bits per heavy atom. The van der Waals surface area contributed by atoms with Gasteiger partial charge >= 0.3 is 5.97 Å². The monoisotopic (exact) mass is 238 g/mol. The van der Waals surface area contributed by atoms with E-state index in [0.717, 1.165) is 12.8 Å². The first-order valence-corrected chi connectivity index (χ1v) is 5.64. The number of carboxylic acid groups (broad SMARTS) is 1. The second-order valence-corrected chi connectivity index (χ2v) is 3.83. The third kappa shape index (κ3) is 3.37. The maximum Gasteiger partial charge on any atom is 0.336 e. The Balaban J connectivity index is 2.99. The quantitative estimate of drug-likeness (QED) is 0.774. The normalized spacial score (nSPS) is 10.1. The molecule has 0 fully saturated rings. The number of hydrogen-bond donors (Lipinski definition) is 1. The molecule has 0 unspecified atom stereocenters. The van der Waals surface area contributed by atoms with Crippen LogP contribution in [0.5, 0.6) is 11.5 Å². The summed E-state index contributed by atoms with van der Waals surface area (Å²) in [5, 5.41) is 9.03. The highest BCUT2D eigenvalue weighted by Gasteiger charge is 2.13. The summed E-state index contributed by atoms with van der Waals surface area (Å²) in [5.74, 6) is 0.109. The standard InChI is InChI=1S/C13H18O4/c1-4-5-6-17-12-8-10(13(14)15)9(2)7-11(12)16-3/h7-8H,4-6H2,1-3H3,(H,14,15). The van der Waals surface area contributed by atoms with Crippen molar-refractivity contribution in [3.8, 4) is 11.5 Å². The van der Waals surface area contributed by atoms with Gasteiger partial charge in [-0.3, -0.25) is 0 Å². The van der Waals surface area contributed by atoms with E-state index in [4.69, 9.17) is 14.6 Å². The summed E-state index contributed by atoms with van der Waals surface area (Å²) in [6, 6.07) is 3.21. The van der Waals surface area contributed by atoms with Gasteiger partial charge in [-0.1, -0.05) is 13.3 Å². The molecule has 0 aromatic heterocycles. The van der Waals surface area contributed by atoms with E-state index < -0.39 is 5.97 Å². The van der Waals surface area contributed by atoms with Gasteiger partial charge in [-0.25, -0.2) is 4.79 Å². The van der Waals surface area contributed by atoms with Crippen LogP contribution in [0.2, 0.25) is 0 Å². The van der Waals surface area contributed by atoms with Gasteiger partial charge in [-0.05, 0) is 31.0 Å². The van der Waals surface area contributed by atoms with Crippen LogP contribution in [0.4, 0.5) is 0 Å². The molecule has 0 saturated carbocycles. The molecule has 1 aromatic rings. The van der Waals surface area contributed by atoms with Crippen molar-refractivity contribution in [2.24, 2.45) is 0 Å². The molecule has 4 nitrogen and oxygen atoms in total. The Kier molecular flexibility index (Phi) is 4.82. The molecule has 0 radical (unpaired) electrons. The molecule has 17 heavy (non-hydrogen) atoms. The lowest BCUT2D eigenvalue weighted by atomic mass is 10.1. The molecule has 94 valence electrons. The second-order valence-electron chi connectivity index (χ2n) is 3.83. The minimum Gasteiger partial charge on any atom is -0.493 e. The van der Waals surface area contributed by atoms with Crippen LogP contribution in [-0.2, 0) is 0 Å². The van der Waals surface area contributed by atoms with Crippen LogP contribution in [0.15, 0.2) is 12.1 Å². The van der Waals surface area contributed by atoms with Crippen LogP contribution in [0, 0.1) is 6.92 Å². The summed E-state index contributed by atoms with van der Waals surface area (Å²) in [6.45, 7) is 4.37. The van der Waals surface area contributed by atoms with Crippen LogP contribution in [0.25, 0.3) is 0 Å². The maximum absolute atomic E-state index is 11.0. The van der Waals surface area contributed by atoms with Gasteiger partial charge in [0.25, 0.3) is 0 Å². The molecule has 1 N–H and O–H groups in total. The molecule has 1 aromatic carbocycles. The average Bonchev–Trinajstić information content (AvgIpc) is 2.30. The zero-order valence-electron chi connectivity index (χ0n) is 10.4. The van der Waals surface area contributed by atoms with Crippen molar-refractivity contribution in [3.63, 3.8) is 0 Å². The largest absolute Gasteiger partial charge is 0.493 e. The first kappa shape index (κ1) is 13.4. The summed E-state index contributed by atoms with van der Waals surface area (Å²) in [5.41, 5.74) is 0.912. The minimum atomic E-state index is -0.953. The Morgan fingerprint density at radius 3 is 2.59 bits per heavy atom. The molecule has 0 aliphatic carbocycles. The highest BCUT2D eigenvalue weighted by atomic mass is 16.5. The molecule has 0 aliphatic rings. The summed E-state index contributed by atoms with van der Waals surface area (Å²) < 4.78 is 10.7. The number of unbranched alkanes of at least 4 members (excludes halogenated alkanes) is 1. The van der Waals surface area contributed by atoms with Gasteiger partial charge in [0.2, 0.25) is 0 Å². The van der Waals surface area contributed by atoms with Crippen LogP contribution in [0.3, 0.4) is 0 Å². The van der Waals surface area contributed by atoms with E-state index in [1.54, 1.807) is 20.1 Å². The van der Waals surface area contributed by atoms with Gasteiger partial charge in [0.1, 0.15) is 0 Å². The van der Waals surface area contributed by atoms with Gasteiger partial charge < -0.3 is 14.6 Å². The highest BCUT2D eigenvalue weighted by Crippen LogP contribution is 2.30. The minimum absolute atomic E-state index is 0.247. The predicted molar refractivity (Wildman–Crippen MR) is 65.1 cm³/mol. The highest BCUT2D eigenvalue weighted by molar-refractivity contribution is 5.90. The van der Waals surface area contributed by atoms with Crippen LogP contribution < -0.4 is 9.47 Å². The van der Waals surface area contributed by atoms with Gasteiger partial charge in [-0.15, -0.1) is 0 Å². The van der Waals surface area contributed by atoms with E-state index in [2.05, 4.69) is 6.92 Å². The van der Waals surface area contributed by atoms with Crippen molar-refractivity contribution < 1.29 is 19.4 Å². The average molecular weight is 238 g/mol. The van der Waals surface area contributed by atoms with Gasteiger partial charge in [0.15, 0.2) is 11.5 Å². The second kappa shape index (κ2) is 6.13. The molecule has 0 bridgehead atoms. The number of rotatable bonds is 6. The molecule has 1 rings (SSSR count). The molecule has 0 aliphatic heterocycles.